The third-order valence-corrected chi connectivity index (χ3v) is 2.24. The molecule has 0 aliphatic heterocycles. The number of anilines is 1. The molecule has 0 spiro atoms. The fourth-order valence-corrected chi connectivity index (χ4v) is 1.51. The summed E-state index contributed by atoms with van der Waals surface area (Å²) in [5.74, 6) is -0.368. The third-order valence-electron chi connectivity index (χ3n) is 2.02. The van der Waals surface area contributed by atoms with Crippen LogP contribution in [-0.4, -0.2) is 17.7 Å². The maximum atomic E-state index is 11.1. The Bertz CT molecular complexity index is 444. The van der Waals surface area contributed by atoms with Crippen molar-refractivity contribution in [3.63, 3.8) is 0 Å². The second-order valence-corrected chi connectivity index (χ2v) is 3.78. The Morgan fingerprint density at radius 3 is 2.94 bits per heavy atom. The van der Waals surface area contributed by atoms with E-state index < -0.39 is 0 Å². The molecule has 1 aromatic carbocycles. The molecule has 5 heteroatoms. The first-order valence-electron chi connectivity index (χ1n) is 5.14. The molecule has 1 aromatic rings. The van der Waals surface area contributed by atoms with Gasteiger partial charge in [0.25, 0.3) is 0 Å². The van der Waals surface area contributed by atoms with Crippen molar-refractivity contribution in [3.05, 3.63) is 28.8 Å². The highest BCUT2D eigenvalue weighted by molar-refractivity contribution is 6.31. The first-order chi connectivity index (χ1) is 8.04. The van der Waals surface area contributed by atoms with Crippen LogP contribution >= 0.6 is 11.6 Å². The summed E-state index contributed by atoms with van der Waals surface area (Å²) in [5.41, 5.74) is 6.21. The van der Waals surface area contributed by atoms with Gasteiger partial charge in [0.15, 0.2) is 0 Å². The van der Waals surface area contributed by atoms with Gasteiger partial charge in [0, 0.05) is 10.6 Å². The van der Waals surface area contributed by atoms with Gasteiger partial charge in [0.05, 0.1) is 18.7 Å². The van der Waals surface area contributed by atoms with Crippen molar-refractivity contribution >= 4 is 29.3 Å². The van der Waals surface area contributed by atoms with Crippen LogP contribution in [0.5, 0.6) is 5.75 Å². The number of esters is 1. The molecule has 0 heterocycles. The molecule has 0 saturated heterocycles. The summed E-state index contributed by atoms with van der Waals surface area (Å²) in [7, 11) is 0. The summed E-state index contributed by atoms with van der Waals surface area (Å²) >= 11 is 5.80. The Balaban J connectivity index is 2.74. The van der Waals surface area contributed by atoms with Crippen LogP contribution in [0.3, 0.4) is 0 Å². The fourth-order valence-electron chi connectivity index (χ4n) is 1.27. The van der Waals surface area contributed by atoms with E-state index >= 15 is 0 Å². The maximum Gasteiger partial charge on any atom is 0.309 e. The average Bonchev–Trinajstić information content (AvgIpc) is 2.25. The lowest BCUT2D eigenvalue weighted by Crippen LogP contribution is -2.01. The fraction of sp³-hybridized carbons (Fsp3) is 0.250. The molecule has 0 saturated carbocycles. The van der Waals surface area contributed by atoms with Crippen LogP contribution in [0.25, 0.3) is 6.08 Å². The van der Waals surface area contributed by atoms with Crippen LogP contribution in [0.4, 0.5) is 5.69 Å². The third kappa shape index (κ3) is 4.00. The van der Waals surface area contributed by atoms with Crippen LogP contribution < -0.4 is 5.73 Å². The minimum absolute atomic E-state index is 0.0468. The van der Waals surface area contributed by atoms with Crippen LogP contribution in [0.1, 0.15) is 18.9 Å². The molecule has 0 unspecified atom stereocenters. The van der Waals surface area contributed by atoms with Gasteiger partial charge < -0.3 is 15.6 Å². The molecule has 0 bridgehead atoms. The van der Waals surface area contributed by atoms with Crippen molar-refractivity contribution in [2.75, 3.05) is 12.3 Å². The number of benzene rings is 1. The molecule has 0 amide bonds. The molecule has 0 fully saturated rings. The number of hydrogen-bond donors (Lipinski definition) is 2. The second-order valence-electron chi connectivity index (χ2n) is 3.34. The first kappa shape index (κ1) is 13.4. The second kappa shape index (κ2) is 6.15. The predicted molar refractivity (Wildman–Crippen MR) is 67.8 cm³/mol. The van der Waals surface area contributed by atoms with Crippen molar-refractivity contribution in [1.82, 2.24) is 0 Å². The molecular formula is C12H14ClNO3. The van der Waals surface area contributed by atoms with Crippen molar-refractivity contribution in [2.24, 2.45) is 0 Å². The molecule has 3 N–H and O–H groups in total. The van der Waals surface area contributed by atoms with E-state index in [0.717, 1.165) is 0 Å². The largest absolute Gasteiger partial charge is 0.505 e. The molecule has 1 rings (SSSR count). The van der Waals surface area contributed by atoms with Gasteiger partial charge in [-0.1, -0.05) is 23.8 Å². The Kier molecular flexibility index (Phi) is 4.84. The van der Waals surface area contributed by atoms with E-state index in [1.807, 2.05) is 0 Å². The van der Waals surface area contributed by atoms with Gasteiger partial charge in [-0.2, -0.15) is 0 Å². The zero-order chi connectivity index (χ0) is 12.8. The van der Waals surface area contributed by atoms with Gasteiger partial charge in [-0.25, -0.2) is 0 Å². The SMILES string of the molecule is CCOC(=O)CC=Cc1cc(Cl)cc(N)c1O. The van der Waals surface area contributed by atoms with Gasteiger partial charge in [-0.3, -0.25) is 4.79 Å². The van der Waals surface area contributed by atoms with E-state index in [0.29, 0.717) is 17.2 Å². The number of ether oxygens (including phenoxy) is 1. The monoisotopic (exact) mass is 255 g/mol. The first-order valence-corrected chi connectivity index (χ1v) is 5.52. The summed E-state index contributed by atoms with van der Waals surface area (Å²) < 4.78 is 4.75. The molecule has 17 heavy (non-hydrogen) atoms. The Morgan fingerprint density at radius 1 is 1.59 bits per heavy atom. The number of nitrogens with two attached hydrogens (primary N) is 1. The maximum absolute atomic E-state index is 11.1. The summed E-state index contributed by atoms with van der Waals surface area (Å²) in [5, 5.41) is 10.1. The van der Waals surface area contributed by atoms with Crippen molar-refractivity contribution in [2.45, 2.75) is 13.3 Å². The topological polar surface area (TPSA) is 72.5 Å². The van der Waals surface area contributed by atoms with E-state index in [1.54, 1.807) is 25.1 Å². The molecule has 0 radical (unpaired) electrons. The number of hydrogen-bond acceptors (Lipinski definition) is 4. The standard InChI is InChI=1S/C12H14ClNO3/c1-2-17-11(15)5-3-4-8-6-9(13)7-10(14)12(8)16/h3-4,6-7,16H,2,5,14H2,1H3. The number of phenols is 1. The molecule has 0 aliphatic carbocycles. The predicted octanol–water partition coefficient (Wildman–Crippen LogP) is 2.59. The number of aromatic hydroxyl groups is 1. The van der Waals surface area contributed by atoms with E-state index in [9.17, 15) is 9.90 Å². The van der Waals surface area contributed by atoms with Gasteiger partial charge in [-0.05, 0) is 19.1 Å². The number of halogens is 1. The lowest BCUT2D eigenvalue weighted by Gasteiger charge is -2.03. The molecule has 4 nitrogen and oxygen atoms in total. The molecule has 0 atom stereocenters. The number of carbonyl (C=O) groups is 1. The number of carbonyl (C=O) groups excluding carboxylic acids is 1. The quantitative estimate of drug-likeness (QED) is 0.493. The molecule has 0 aromatic heterocycles. The average molecular weight is 256 g/mol. The zero-order valence-electron chi connectivity index (χ0n) is 9.44. The summed E-state index contributed by atoms with van der Waals surface area (Å²) in [6.45, 7) is 2.09. The van der Waals surface area contributed by atoms with Gasteiger partial charge in [-0.15, -0.1) is 0 Å². The van der Waals surface area contributed by atoms with Gasteiger partial charge in [0.2, 0.25) is 0 Å². The van der Waals surface area contributed by atoms with Crippen LogP contribution in [-0.2, 0) is 9.53 Å². The number of phenolic OH excluding ortho intramolecular Hbond substituents is 1. The normalized spacial score (nSPS) is 10.7. The highest BCUT2D eigenvalue weighted by Crippen LogP contribution is 2.30. The summed E-state index contributed by atoms with van der Waals surface area (Å²) in [6.07, 6.45) is 3.30. The highest BCUT2D eigenvalue weighted by atomic mass is 35.5. The molecular weight excluding hydrogens is 242 g/mol. The van der Waals surface area contributed by atoms with Crippen LogP contribution in [0.15, 0.2) is 18.2 Å². The summed E-state index contributed by atoms with van der Waals surface area (Å²) in [4.78, 5) is 11.1. The van der Waals surface area contributed by atoms with E-state index in [4.69, 9.17) is 22.1 Å². The van der Waals surface area contributed by atoms with Crippen molar-refractivity contribution in [1.29, 1.82) is 0 Å². The minimum Gasteiger partial charge on any atom is -0.505 e. The van der Waals surface area contributed by atoms with E-state index in [1.165, 1.54) is 6.07 Å². The van der Waals surface area contributed by atoms with Gasteiger partial charge in [0.1, 0.15) is 5.75 Å². The lowest BCUT2D eigenvalue weighted by molar-refractivity contribution is -0.142. The molecule has 0 aliphatic rings. The smallest absolute Gasteiger partial charge is 0.309 e. The minimum atomic E-state index is -0.321. The van der Waals surface area contributed by atoms with Crippen LogP contribution in [0.2, 0.25) is 5.02 Å². The Hall–Kier alpha value is -1.68. The molecule has 92 valence electrons. The Morgan fingerprint density at radius 2 is 2.29 bits per heavy atom. The van der Waals surface area contributed by atoms with Gasteiger partial charge >= 0.3 is 5.97 Å². The summed E-state index contributed by atoms with van der Waals surface area (Å²) in [6, 6.07) is 3.02. The highest BCUT2D eigenvalue weighted by Gasteiger charge is 2.04. The van der Waals surface area contributed by atoms with Crippen molar-refractivity contribution in [3.8, 4) is 5.75 Å². The van der Waals surface area contributed by atoms with E-state index in [2.05, 4.69) is 0 Å². The lowest BCUT2D eigenvalue weighted by atomic mass is 10.1. The van der Waals surface area contributed by atoms with Crippen molar-refractivity contribution < 1.29 is 14.6 Å². The Labute approximate surface area is 105 Å². The number of rotatable bonds is 4. The zero-order valence-corrected chi connectivity index (χ0v) is 10.2. The van der Waals surface area contributed by atoms with Crippen LogP contribution in [0, 0.1) is 0 Å². The van der Waals surface area contributed by atoms with E-state index in [-0.39, 0.29) is 23.8 Å². The number of nitrogen functional groups attached to an aromatic ring is 1.